The minimum absolute atomic E-state index is 0.0608. The highest BCUT2D eigenvalue weighted by Gasteiger charge is 2.34. The second-order valence-electron chi connectivity index (χ2n) is 7.65. The van der Waals surface area contributed by atoms with Gasteiger partial charge in [0.05, 0.1) is 33.9 Å². The van der Waals surface area contributed by atoms with E-state index in [1.807, 2.05) is 0 Å². The van der Waals surface area contributed by atoms with Crippen LogP contribution in [0.3, 0.4) is 0 Å². The minimum Gasteiger partial charge on any atom is -0.466 e. The summed E-state index contributed by atoms with van der Waals surface area (Å²) < 4.78 is 17.4. The van der Waals surface area contributed by atoms with E-state index >= 15 is 0 Å². The Kier molecular flexibility index (Phi) is 5.65. The van der Waals surface area contributed by atoms with Crippen molar-refractivity contribution in [1.82, 2.24) is 4.57 Å². The third-order valence-corrected chi connectivity index (χ3v) is 6.91. The van der Waals surface area contributed by atoms with Gasteiger partial charge in [0, 0.05) is 6.07 Å². The molecule has 3 aromatic rings. The molecule has 0 N–H and O–H groups in total. The van der Waals surface area contributed by atoms with Gasteiger partial charge in [0.15, 0.2) is 16.3 Å². The average Bonchev–Trinajstić information content (AvgIpc) is 3.42. The molecule has 3 heterocycles. The first-order valence-electron chi connectivity index (χ1n) is 10.2. The zero-order valence-corrected chi connectivity index (χ0v) is 19.9. The van der Waals surface area contributed by atoms with Gasteiger partial charge in [0.25, 0.3) is 11.2 Å². The summed E-state index contributed by atoms with van der Waals surface area (Å²) in [6, 6.07) is 8.46. The zero-order valence-electron chi connectivity index (χ0n) is 18.3. The van der Waals surface area contributed by atoms with Gasteiger partial charge in [-0.25, -0.2) is 9.79 Å². The number of rotatable bonds is 4. The monoisotopic (exact) mass is 513 g/mol. The van der Waals surface area contributed by atoms with Crippen LogP contribution in [0.2, 0.25) is 5.02 Å². The summed E-state index contributed by atoms with van der Waals surface area (Å²) in [7, 11) is 1.22. The molecule has 0 saturated carbocycles. The molecule has 12 heteroatoms. The van der Waals surface area contributed by atoms with E-state index in [1.165, 1.54) is 29.9 Å². The number of carbonyl (C=O) groups excluding carboxylic acids is 1. The molecular weight excluding hydrogens is 498 g/mol. The molecule has 0 bridgehead atoms. The van der Waals surface area contributed by atoms with Gasteiger partial charge in [-0.15, -0.1) is 0 Å². The number of nitrogens with zero attached hydrogens (tertiary/aromatic N) is 3. The predicted molar refractivity (Wildman–Crippen MR) is 126 cm³/mol. The molecule has 35 heavy (non-hydrogen) atoms. The van der Waals surface area contributed by atoms with Gasteiger partial charge < -0.3 is 14.2 Å². The molecule has 2 aliphatic rings. The van der Waals surface area contributed by atoms with Gasteiger partial charge in [-0.1, -0.05) is 35.1 Å². The summed E-state index contributed by atoms with van der Waals surface area (Å²) in [5.74, 6) is 0.492. The largest absolute Gasteiger partial charge is 0.466 e. The lowest BCUT2D eigenvalue weighted by Crippen LogP contribution is -2.39. The first kappa shape index (κ1) is 22.8. The maximum atomic E-state index is 13.6. The van der Waals surface area contributed by atoms with E-state index in [9.17, 15) is 19.7 Å². The smallest absolute Gasteiger partial charge is 0.338 e. The quantitative estimate of drug-likeness (QED) is 0.298. The summed E-state index contributed by atoms with van der Waals surface area (Å²) in [5, 5.41) is 11.4. The average molecular weight is 514 g/mol. The van der Waals surface area contributed by atoms with Crippen molar-refractivity contribution in [1.29, 1.82) is 0 Å². The van der Waals surface area contributed by atoms with Crippen molar-refractivity contribution in [3.8, 4) is 11.5 Å². The lowest BCUT2D eigenvalue weighted by Gasteiger charge is -2.24. The van der Waals surface area contributed by atoms with Crippen LogP contribution in [-0.4, -0.2) is 29.4 Å². The zero-order chi connectivity index (χ0) is 24.9. The Hall–Kier alpha value is -3.96. The van der Waals surface area contributed by atoms with Crippen LogP contribution in [0.5, 0.6) is 11.5 Å². The molecule has 0 aliphatic carbocycles. The highest BCUT2D eigenvalue weighted by molar-refractivity contribution is 7.07. The van der Waals surface area contributed by atoms with Crippen LogP contribution < -0.4 is 24.4 Å². The normalized spacial score (nSPS) is 16.7. The van der Waals surface area contributed by atoms with Gasteiger partial charge in [-0.05, 0) is 42.3 Å². The summed E-state index contributed by atoms with van der Waals surface area (Å²) in [6.07, 6.45) is 1.68. The number of methoxy groups -OCH3 is 1. The fraction of sp³-hybridized carbons (Fsp3) is 0.174. The number of ether oxygens (including phenoxy) is 3. The highest BCUT2D eigenvalue weighted by atomic mass is 35.5. The van der Waals surface area contributed by atoms with Crippen molar-refractivity contribution in [2.24, 2.45) is 4.99 Å². The molecule has 1 atom stereocenters. The Morgan fingerprint density at radius 1 is 1.29 bits per heavy atom. The van der Waals surface area contributed by atoms with E-state index in [2.05, 4.69) is 4.99 Å². The number of hydrogen-bond acceptors (Lipinski definition) is 9. The fourth-order valence-corrected chi connectivity index (χ4v) is 5.24. The second-order valence-corrected chi connectivity index (χ2v) is 9.07. The second kappa shape index (κ2) is 8.67. The maximum Gasteiger partial charge on any atom is 0.338 e. The molecule has 0 saturated heterocycles. The molecule has 5 rings (SSSR count). The number of thiazole rings is 1. The van der Waals surface area contributed by atoms with Crippen LogP contribution in [0.25, 0.3) is 6.08 Å². The van der Waals surface area contributed by atoms with Crippen molar-refractivity contribution < 1.29 is 23.9 Å². The number of benzene rings is 2. The van der Waals surface area contributed by atoms with E-state index in [0.717, 1.165) is 11.3 Å². The number of esters is 1. The van der Waals surface area contributed by atoms with E-state index in [4.69, 9.17) is 25.8 Å². The number of halogens is 1. The molecule has 0 spiro atoms. The molecule has 0 fully saturated rings. The lowest BCUT2D eigenvalue weighted by molar-refractivity contribution is -0.384. The van der Waals surface area contributed by atoms with E-state index in [-0.39, 0.29) is 23.1 Å². The van der Waals surface area contributed by atoms with E-state index in [1.54, 1.807) is 31.2 Å². The molecule has 10 nitrogen and oxygen atoms in total. The van der Waals surface area contributed by atoms with Crippen molar-refractivity contribution in [3.63, 3.8) is 0 Å². The first-order valence-corrected chi connectivity index (χ1v) is 11.4. The molecule has 1 aromatic heterocycles. The fourth-order valence-electron chi connectivity index (χ4n) is 4.00. The van der Waals surface area contributed by atoms with E-state index < -0.39 is 22.5 Å². The van der Waals surface area contributed by atoms with Crippen LogP contribution in [0.15, 0.2) is 57.5 Å². The Balaban J connectivity index is 1.73. The summed E-state index contributed by atoms with van der Waals surface area (Å²) in [6.45, 7) is 1.75. The lowest BCUT2D eigenvalue weighted by atomic mass is 9.95. The Labute approximate surface area is 206 Å². The number of nitro groups is 1. The van der Waals surface area contributed by atoms with Gasteiger partial charge in [0.1, 0.15) is 5.02 Å². The van der Waals surface area contributed by atoms with Crippen molar-refractivity contribution >= 4 is 40.7 Å². The van der Waals surface area contributed by atoms with Crippen LogP contribution in [0.1, 0.15) is 24.1 Å². The Morgan fingerprint density at radius 2 is 2.06 bits per heavy atom. The predicted octanol–water partition coefficient (Wildman–Crippen LogP) is 2.70. The SMILES string of the molecule is COC(=O)C1=C(C)N=c2sc(=Cc3ccc4c(c3)OCO4)c(=O)n2C1c1ccc(Cl)c([N+](=O)[O-])c1. The third kappa shape index (κ3) is 3.88. The van der Waals surface area contributed by atoms with Crippen LogP contribution in [0.4, 0.5) is 5.69 Å². The van der Waals surface area contributed by atoms with Crippen LogP contribution in [0, 0.1) is 10.1 Å². The number of nitro benzene ring substituents is 1. The summed E-state index contributed by atoms with van der Waals surface area (Å²) in [5.41, 5.74) is 0.726. The van der Waals surface area contributed by atoms with Gasteiger partial charge >= 0.3 is 5.97 Å². The molecule has 2 aliphatic heterocycles. The standard InChI is InChI=1S/C23H16ClN3O7S/c1-11-19(22(29)32-2)20(13-4-5-14(24)15(9-13)27(30)31)26-21(28)18(35-23(26)25-11)8-12-3-6-16-17(7-12)34-10-33-16/h3-9,20H,10H2,1-2H3. The summed E-state index contributed by atoms with van der Waals surface area (Å²) in [4.78, 5) is 42.0. The van der Waals surface area contributed by atoms with Crippen LogP contribution in [-0.2, 0) is 9.53 Å². The molecule has 178 valence electrons. The number of fused-ring (bicyclic) bond motifs is 2. The summed E-state index contributed by atoms with van der Waals surface area (Å²) >= 11 is 7.13. The van der Waals surface area contributed by atoms with Gasteiger partial charge in [0.2, 0.25) is 6.79 Å². The molecule has 2 aromatic carbocycles. The molecule has 0 amide bonds. The maximum absolute atomic E-state index is 13.6. The third-order valence-electron chi connectivity index (χ3n) is 5.60. The van der Waals surface area contributed by atoms with Crippen molar-refractivity contribution in [2.75, 3.05) is 13.9 Å². The molecule has 0 radical (unpaired) electrons. The Morgan fingerprint density at radius 3 is 2.80 bits per heavy atom. The first-order chi connectivity index (χ1) is 16.8. The van der Waals surface area contributed by atoms with Gasteiger partial charge in [-0.3, -0.25) is 19.5 Å². The van der Waals surface area contributed by atoms with Crippen molar-refractivity contribution in [3.05, 3.63) is 93.6 Å². The van der Waals surface area contributed by atoms with Crippen LogP contribution >= 0.6 is 22.9 Å². The van der Waals surface area contributed by atoms with Gasteiger partial charge in [-0.2, -0.15) is 0 Å². The Bertz CT molecular complexity index is 1620. The number of carbonyl (C=O) groups is 1. The van der Waals surface area contributed by atoms with Crippen molar-refractivity contribution in [2.45, 2.75) is 13.0 Å². The minimum atomic E-state index is -0.992. The number of allylic oxidation sites excluding steroid dienone is 1. The molecule has 1 unspecified atom stereocenters. The number of hydrogen-bond donors (Lipinski definition) is 0. The number of aromatic nitrogens is 1. The highest BCUT2D eigenvalue weighted by Crippen LogP contribution is 2.35. The molecular formula is C23H16ClN3O7S. The topological polar surface area (TPSA) is 122 Å². The van der Waals surface area contributed by atoms with E-state index in [0.29, 0.717) is 37.7 Å².